The molecule has 0 aliphatic heterocycles. The van der Waals surface area contributed by atoms with E-state index >= 15 is 0 Å². The molecule has 0 saturated heterocycles. The molecule has 0 amide bonds. The predicted octanol–water partition coefficient (Wildman–Crippen LogP) is 3.50. The van der Waals surface area contributed by atoms with Crippen molar-refractivity contribution in [2.45, 2.75) is 26.8 Å². The molecule has 2 rings (SSSR count). The fourth-order valence-electron chi connectivity index (χ4n) is 1.88. The number of nitrogens with zero attached hydrogens (tertiary/aromatic N) is 2. The second kappa shape index (κ2) is 6.32. The Hall–Kier alpha value is -2.17. The summed E-state index contributed by atoms with van der Waals surface area (Å²) in [4.78, 5) is 8.58. The van der Waals surface area contributed by atoms with Crippen LogP contribution in [0.4, 0.5) is 10.3 Å². The van der Waals surface area contributed by atoms with Gasteiger partial charge in [0, 0.05) is 11.8 Å². The van der Waals surface area contributed by atoms with Crippen molar-refractivity contribution in [3.8, 4) is 5.88 Å². The third-order valence-electron chi connectivity index (χ3n) is 2.82. The van der Waals surface area contributed by atoms with E-state index in [4.69, 9.17) is 4.74 Å². The zero-order valence-corrected chi connectivity index (χ0v) is 11.9. The van der Waals surface area contributed by atoms with Gasteiger partial charge in [-0.2, -0.15) is 4.98 Å². The second-order valence-corrected chi connectivity index (χ2v) is 4.53. The molecule has 1 aromatic heterocycles. The van der Waals surface area contributed by atoms with Crippen molar-refractivity contribution in [1.29, 1.82) is 0 Å². The molecule has 4 nitrogen and oxygen atoms in total. The molecule has 0 radical (unpaired) electrons. The number of rotatable bonds is 5. The summed E-state index contributed by atoms with van der Waals surface area (Å²) < 4.78 is 18.6. The lowest BCUT2D eigenvalue weighted by Crippen LogP contribution is -2.11. The summed E-state index contributed by atoms with van der Waals surface area (Å²) in [5, 5.41) is 3.16. The van der Waals surface area contributed by atoms with E-state index in [1.54, 1.807) is 12.1 Å². The number of anilines is 1. The van der Waals surface area contributed by atoms with E-state index in [1.165, 1.54) is 12.1 Å². The van der Waals surface area contributed by atoms with E-state index < -0.39 is 0 Å². The van der Waals surface area contributed by atoms with Crippen LogP contribution in [0.1, 0.15) is 31.1 Å². The van der Waals surface area contributed by atoms with Gasteiger partial charge in [0.25, 0.3) is 0 Å². The Kier molecular flexibility index (Phi) is 4.50. The first-order chi connectivity index (χ1) is 9.58. The van der Waals surface area contributed by atoms with Crippen LogP contribution in [0.3, 0.4) is 0 Å². The Morgan fingerprint density at radius 2 is 2.10 bits per heavy atom. The van der Waals surface area contributed by atoms with Crippen molar-refractivity contribution >= 4 is 5.95 Å². The second-order valence-electron chi connectivity index (χ2n) is 4.53. The third-order valence-corrected chi connectivity index (χ3v) is 2.82. The van der Waals surface area contributed by atoms with Crippen LogP contribution in [-0.2, 0) is 0 Å². The van der Waals surface area contributed by atoms with E-state index in [0.717, 1.165) is 11.3 Å². The normalized spacial score (nSPS) is 12.0. The quantitative estimate of drug-likeness (QED) is 0.907. The van der Waals surface area contributed by atoms with E-state index in [2.05, 4.69) is 15.3 Å². The van der Waals surface area contributed by atoms with Gasteiger partial charge in [0.05, 0.1) is 12.6 Å². The number of aryl methyl sites for hydroxylation is 1. The lowest BCUT2D eigenvalue weighted by Gasteiger charge is -2.15. The minimum absolute atomic E-state index is 0.0954. The lowest BCUT2D eigenvalue weighted by molar-refractivity contribution is 0.326. The first-order valence-electron chi connectivity index (χ1n) is 6.59. The highest BCUT2D eigenvalue weighted by molar-refractivity contribution is 5.35. The van der Waals surface area contributed by atoms with Crippen molar-refractivity contribution in [3.05, 3.63) is 47.4 Å². The molecule has 5 heteroatoms. The summed E-state index contributed by atoms with van der Waals surface area (Å²) in [6.45, 7) is 6.26. The van der Waals surface area contributed by atoms with Gasteiger partial charge in [0.2, 0.25) is 11.8 Å². The van der Waals surface area contributed by atoms with Gasteiger partial charge >= 0.3 is 0 Å². The first kappa shape index (κ1) is 14.2. The highest BCUT2D eigenvalue weighted by Gasteiger charge is 2.09. The SMILES string of the molecule is CCOc1cc(C)nc(NC(C)c2cccc(F)c2)n1. The number of ether oxygens (including phenoxy) is 1. The smallest absolute Gasteiger partial charge is 0.226 e. The zero-order chi connectivity index (χ0) is 14.5. The summed E-state index contributed by atoms with van der Waals surface area (Å²) in [6.07, 6.45) is 0. The molecular formula is C15H18FN3O. The molecule has 0 bridgehead atoms. The summed E-state index contributed by atoms with van der Waals surface area (Å²) in [6, 6.07) is 8.15. The Morgan fingerprint density at radius 1 is 1.30 bits per heavy atom. The molecule has 1 heterocycles. The maximum absolute atomic E-state index is 13.2. The fraction of sp³-hybridized carbons (Fsp3) is 0.333. The highest BCUT2D eigenvalue weighted by atomic mass is 19.1. The Labute approximate surface area is 118 Å². The van der Waals surface area contributed by atoms with Crippen molar-refractivity contribution in [2.24, 2.45) is 0 Å². The van der Waals surface area contributed by atoms with E-state index in [9.17, 15) is 4.39 Å². The maximum Gasteiger partial charge on any atom is 0.226 e. The van der Waals surface area contributed by atoms with Crippen LogP contribution in [0.25, 0.3) is 0 Å². The third kappa shape index (κ3) is 3.66. The summed E-state index contributed by atoms with van der Waals surface area (Å²) in [7, 11) is 0. The summed E-state index contributed by atoms with van der Waals surface area (Å²) in [5.74, 6) is 0.760. The molecule has 1 unspecified atom stereocenters. The molecule has 0 aliphatic rings. The molecule has 1 N–H and O–H groups in total. The van der Waals surface area contributed by atoms with Gasteiger partial charge in [0.15, 0.2) is 0 Å². The molecule has 0 spiro atoms. The fourth-order valence-corrected chi connectivity index (χ4v) is 1.88. The van der Waals surface area contributed by atoms with E-state index in [-0.39, 0.29) is 11.9 Å². The largest absolute Gasteiger partial charge is 0.478 e. The van der Waals surface area contributed by atoms with Crippen LogP contribution >= 0.6 is 0 Å². The maximum atomic E-state index is 13.2. The number of nitrogens with one attached hydrogen (secondary N) is 1. The molecule has 2 aromatic rings. The van der Waals surface area contributed by atoms with E-state index in [0.29, 0.717) is 18.4 Å². The lowest BCUT2D eigenvalue weighted by atomic mass is 10.1. The van der Waals surface area contributed by atoms with Crippen molar-refractivity contribution < 1.29 is 9.13 Å². The number of benzene rings is 1. The number of halogens is 1. The van der Waals surface area contributed by atoms with Crippen LogP contribution in [-0.4, -0.2) is 16.6 Å². The van der Waals surface area contributed by atoms with Gasteiger partial charge in [-0.15, -0.1) is 0 Å². The Bertz CT molecular complexity index is 589. The molecule has 1 aromatic carbocycles. The van der Waals surface area contributed by atoms with Crippen molar-refractivity contribution in [2.75, 3.05) is 11.9 Å². The average molecular weight is 275 g/mol. The van der Waals surface area contributed by atoms with Crippen LogP contribution in [0.15, 0.2) is 30.3 Å². The van der Waals surface area contributed by atoms with Gasteiger partial charge in [-0.3, -0.25) is 0 Å². The summed E-state index contributed by atoms with van der Waals surface area (Å²) >= 11 is 0. The van der Waals surface area contributed by atoms with Crippen molar-refractivity contribution in [1.82, 2.24) is 9.97 Å². The zero-order valence-electron chi connectivity index (χ0n) is 11.9. The Balaban J connectivity index is 2.16. The van der Waals surface area contributed by atoms with E-state index in [1.807, 2.05) is 26.8 Å². The molecule has 0 aliphatic carbocycles. The molecule has 0 fully saturated rings. The van der Waals surface area contributed by atoms with Crippen LogP contribution < -0.4 is 10.1 Å². The van der Waals surface area contributed by atoms with Gasteiger partial charge in [-0.1, -0.05) is 12.1 Å². The summed E-state index contributed by atoms with van der Waals surface area (Å²) in [5.41, 5.74) is 1.66. The number of hydrogen-bond donors (Lipinski definition) is 1. The average Bonchev–Trinajstić information content (AvgIpc) is 2.38. The van der Waals surface area contributed by atoms with Crippen molar-refractivity contribution in [3.63, 3.8) is 0 Å². The highest BCUT2D eigenvalue weighted by Crippen LogP contribution is 2.19. The Morgan fingerprint density at radius 3 is 2.80 bits per heavy atom. The standard InChI is InChI=1S/C15H18FN3O/c1-4-20-14-8-10(2)17-15(19-14)18-11(3)12-6-5-7-13(16)9-12/h5-9,11H,4H2,1-3H3,(H,17,18,19). The number of aromatic nitrogens is 2. The first-order valence-corrected chi connectivity index (χ1v) is 6.59. The van der Waals surface area contributed by atoms with Gasteiger partial charge in [-0.25, -0.2) is 9.37 Å². The van der Waals surface area contributed by atoms with Gasteiger partial charge < -0.3 is 10.1 Å². The van der Waals surface area contributed by atoms with Gasteiger partial charge in [0.1, 0.15) is 5.82 Å². The van der Waals surface area contributed by atoms with Gasteiger partial charge in [-0.05, 0) is 38.5 Å². The minimum atomic E-state index is -0.253. The minimum Gasteiger partial charge on any atom is -0.478 e. The predicted molar refractivity (Wildman–Crippen MR) is 76.4 cm³/mol. The topological polar surface area (TPSA) is 47.0 Å². The molecule has 20 heavy (non-hydrogen) atoms. The molecule has 106 valence electrons. The van der Waals surface area contributed by atoms with Crippen LogP contribution in [0.5, 0.6) is 5.88 Å². The molecule has 1 atom stereocenters. The number of hydrogen-bond acceptors (Lipinski definition) is 4. The van der Waals surface area contributed by atoms with Crippen LogP contribution in [0.2, 0.25) is 0 Å². The molecular weight excluding hydrogens is 257 g/mol. The monoisotopic (exact) mass is 275 g/mol. The molecule has 0 saturated carbocycles. The van der Waals surface area contributed by atoms with Crippen LogP contribution in [0, 0.1) is 12.7 Å².